The molecule has 0 saturated carbocycles. The van der Waals surface area contributed by atoms with E-state index in [1.165, 1.54) is 0 Å². The maximum atomic E-state index is 12.6. The van der Waals surface area contributed by atoms with Gasteiger partial charge in [-0.1, -0.05) is 56.3 Å². The van der Waals surface area contributed by atoms with E-state index in [1.807, 2.05) is 55.5 Å². The van der Waals surface area contributed by atoms with Gasteiger partial charge >= 0.3 is 0 Å². The van der Waals surface area contributed by atoms with E-state index in [0.29, 0.717) is 23.7 Å². The molecular weight excluding hydrogens is 248 g/mol. The summed E-state index contributed by atoms with van der Waals surface area (Å²) in [6.45, 7) is 6.70. The first kappa shape index (κ1) is 14.3. The third-order valence-corrected chi connectivity index (χ3v) is 3.24. The SMILES string of the molecule is CCOc1c(C(=O)c2ccccc2)cccc1C(C)C. The summed E-state index contributed by atoms with van der Waals surface area (Å²) < 4.78 is 5.75. The highest BCUT2D eigenvalue weighted by molar-refractivity contribution is 6.10. The van der Waals surface area contributed by atoms with E-state index in [2.05, 4.69) is 13.8 Å². The number of carbonyl (C=O) groups excluding carboxylic acids is 1. The molecule has 0 unspecified atom stereocenters. The van der Waals surface area contributed by atoms with Crippen molar-refractivity contribution >= 4 is 5.78 Å². The van der Waals surface area contributed by atoms with Crippen molar-refractivity contribution in [3.05, 3.63) is 65.2 Å². The quantitative estimate of drug-likeness (QED) is 0.749. The minimum absolute atomic E-state index is 0.0107. The Morgan fingerprint density at radius 1 is 1.05 bits per heavy atom. The molecule has 2 aromatic rings. The molecule has 2 heteroatoms. The lowest BCUT2D eigenvalue weighted by Crippen LogP contribution is -2.08. The number of ketones is 1. The van der Waals surface area contributed by atoms with Crippen LogP contribution in [0.15, 0.2) is 48.5 Å². The number of carbonyl (C=O) groups is 1. The summed E-state index contributed by atoms with van der Waals surface area (Å²) in [5.41, 5.74) is 2.41. The average Bonchev–Trinajstić information content (AvgIpc) is 2.47. The van der Waals surface area contributed by atoms with Crippen molar-refractivity contribution in [3.63, 3.8) is 0 Å². The topological polar surface area (TPSA) is 26.3 Å². The zero-order valence-electron chi connectivity index (χ0n) is 12.2. The van der Waals surface area contributed by atoms with E-state index in [9.17, 15) is 4.79 Å². The van der Waals surface area contributed by atoms with Gasteiger partial charge < -0.3 is 4.74 Å². The van der Waals surface area contributed by atoms with Crippen LogP contribution in [0.25, 0.3) is 0 Å². The molecule has 2 rings (SSSR count). The van der Waals surface area contributed by atoms with E-state index in [0.717, 1.165) is 11.3 Å². The predicted octanol–water partition coefficient (Wildman–Crippen LogP) is 4.44. The lowest BCUT2D eigenvalue weighted by atomic mass is 9.95. The smallest absolute Gasteiger partial charge is 0.196 e. The summed E-state index contributed by atoms with van der Waals surface area (Å²) in [5, 5.41) is 0. The van der Waals surface area contributed by atoms with E-state index in [4.69, 9.17) is 4.74 Å². The molecule has 0 aliphatic rings. The Morgan fingerprint density at radius 2 is 1.75 bits per heavy atom. The van der Waals surface area contributed by atoms with Crippen LogP contribution in [-0.2, 0) is 0 Å². The van der Waals surface area contributed by atoms with Crippen molar-refractivity contribution in [3.8, 4) is 5.75 Å². The van der Waals surface area contributed by atoms with Crippen molar-refractivity contribution in [1.82, 2.24) is 0 Å². The second kappa shape index (κ2) is 6.38. The minimum atomic E-state index is 0.0107. The normalized spacial score (nSPS) is 10.6. The maximum absolute atomic E-state index is 12.6. The first-order chi connectivity index (χ1) is 9.65. The Bertz CT molecular complexity index is 586. The Kier molecular flexibility index (Phi) is 4.57. The highest BCUT2D eigenvalue weighted by Gasteiger charge is 2.18. The number of para-hydroxylation sites is 1. The van der Waals surface area contributed by atoms with Gasteiger partial charge in [0.1, 0.15) is 5.75 Å². The monoisotopic (exact) mass is 268 g/mol. The van der Waals surface area contributed by atoms with Gasteiger partial charge in [0.15, 0.2) is 5.78 Å². The van der Waals surface area contributed by atoms with Crippen LogP contribution in [0.5, 0.6) is 5.75 Å². The van der Waals surface area contributed by atoms with Gasteiger partial charge in [0.05, 0.1) is 12.2 Å². The second-order valence-electron chi connectivity index (χ2n) is 5.01. The number of ether oxygens (including phenoxy) is 1. The van der Waals surface area contributed by atoms with Crippen LogP contribution in [0, 0.1) is 0 Å². The van der Waals surface area contributed by atoms with Crippen molar-refractivity contribution in [2.45, 2.75) is 26.7 Å². The Balaban J connectivity index is 2.51. The van der Waals surface area contributed by atoms with Crippen LogP contribution < -0.4 is 4.74 Å². The Hall–Kier alpha value is -2.09. The molecule has 0 N–H and O–H groups in total. The highest BCUT2D eigenvalue weighted by atomic mass is 16.5. The molecule has 0 aliphatic heterocycles. The fourth-order valence-electron chi connectivity index (χ4n) is 2.24. The van der Waals surface area contributed by atoms with Gasteiger partial charge in [-0.15, -0.1) is 0 Å². The van der Waals surface area contributed by atoms with Gasteiger partial charge in [0, 0.05) is 5.56 Å². The van der Waals surface area contributed by atoms with Gasteiger partial charge in [0.2, 0.25) is 0 Å². The lowest BCUT2D eigenvalue weighted by Gasteiger charge is -2.16. The summed E-state index contributed by atoms with van der Waals surface area (Å²) >= 11 is 0. The van der Waals surface area contributed by atoms with Crippen molar-refractivity contribution in [1.29, 1.82) is 0 Å². The molecule has 0 atom stereocenters. The molecule has 0 saturated heterocycles. The molecule has 104 valence electrons. The third-order valence-electron chi connectivity index (χ3n) is 3.24. The van der Waals surface area contributed by atoms with Crippen LogP contribution >= 0.6 is 0 Å². The molecule has 0 aromatic heterocycles. The molecule has 0 aliphatic carbocycles. The molecule has 0 spiro atoms. The molecule has 0 fully saturated rings. The lowest BCUT2D eigenvalue weighted by molar-refractivity contribution is 0.103. The van der Waals surface area contributed by atoms with Gasteiger partial charge in [-0.05, 0) is 24.5 Å². The molecular formula is C18H20O2. The van der Waals surface area contributed by atoms with E-state index in [1.54, 1.807) is 0 Å². The molecule has 0 radical (unpaired) electrons. The molecule has 0 bridgehead atoms. The zero-order chi connectivity index (χ0) is 14.5. The summed E-state index contributed by atoms with van der Waals surface area (Å²) in [6, 6.07) is 15.1. The van der Waals surface area contributed by atoms with E-state index < -0.39 is 0 Å². The fraction of sp³-hybridized carbons (Fsp3) is 0.278. The number of hydrogen-bond acceptors (Lipinski definition) is 2. The summed E-state index contributed by atoms with van der Waals surface area (Å²) in [5.74, 6) is 1.05. The van der Waals surface area contributed by atoms with Gasteiger partial charge in [-0.25, -0.2) is 0 Å². The molecule has 0 heterocycles. The largest absolute Gasteiger partial charge is 0.493 e. The highest BCUT2D eigenvalue weighted by Crippen LogP contribution is 2.31. The summed E-state index contributed by atoms with van der Waals surface area (Å²) in [6.07, 6.45) is 0. The first-order valence-corrected chi connectivity index (χ1v) is 7.00. The van der Waals surface area contributed by atoms with Crippen molar-refractivity contribution in [2.75, 3.05) is 6.61 Å². The first-order valence-electron chi connectivity index (χ1n) is 7.00. The molecule has 2 nitrogen and oxygen atoms in total. The molecule has 0 amide bonds. The number of hydrogen-bond donors (Lipinski definition) is 0. The zero-order valence-corrected chi connectivity index (χ0v) is 12.2. The summed E-state index contributed by atoms with van der Waals surface area (Å²) in [4.78, 5) is 12.6. The summed E-state index contributed by atoms with van der Waals surface area (Å²) in [7, 11) is 0. The van der Waals surface area contributed by atoms with Crippen LogP contribution in [0.2, 0.25) is 0 Å². The predicted molar refractivity (Wildman–Crippen MR) is 81.6 cm³/mol. The van der Waals surface area contributed by atoms with Crippen LogP contribution in [0.4, 0.5) is 0 Å². The van der Waals surface area contributed by atoms with Gasteiger partial charge in [-0.2, -0.15) is 0 Å². The molecule has 2 aromatic carbocycles. The maximum Gasteiger partial charge on any atom is 0.196 e. The minimum Gasteiger partial charge on any atom is -0.493 e. The molecule has 20 heavy (non-hydrogen) atoms. The fourth-order valence-corrected chi connectivity index (χ4v) is 2.24. The van der Waals surface area contributed by atoms with Crippen LogP contribution in [0.3, 0.4) is 0 Å². The van der Waals surface area contributed by atoms with E-state index >= 15 is 0 Å². The van der Waals surface area contributed by atoms with Gasteiger partial charge in [-0.3, -0.25) is 4.79 Å². The van der Waals surface area contributed by atoms with Crippen molar-refractivity contribution in [2.24, 2.45) is 0 Å². The number of rotatable bonds is 5. The van der Waals surface area contributed by atoms with Gasteiger partial charge in [0.25, 0.3) is 0 Å². The average molecular weight is 268 g/mol. The standard InChI is InChI=1S/C18H20O2/c1-4-20-18-15(13(2)3)11-8-12-16(18)17(19)14-9-6-5-7-10-14/h5-13H,4H2,1-3H3. The van der Waals surface area contributed by atoms with Crippen LogP contribution in [0.1, 0.15) is 48.2 Å². The van der Waals surface area contributed by atoms with Crippen LogP contribution in [-0.4, -0.2) is 12.4 Å². The van der Waals surface area contributed by atoms with Crippen molar-refractivity contribution < 1.29 is 9.53 Å². The second-order valence-corrected chi connectivity index (χ2v) is 5.01. The Morgan fingerprint density at radius 3 is 2.35 bits per heavy atom. The number of benzene rings is 2. The van der Waals surface area contributed by atoms with E-state index in [-0.39, 0.29) is 5.78 Å². The Labute approximate surface area is 120 Å². The third kappa shape index (κ3) is 2.90.